The molecule has 0 bridgehead atoms. The Morgan fingerprint density at radius 3 is 2.35 bits per heavy atom. The van der Waals surface area contributed by atoms with Gasteiger partial charge >= 0.3 is 0 Å². The minimum atomic E-state index is -0.231. The third kappa shape index (κ3) is 4.20. The van der Waals surface area contributed by atoms with E-state index in [1.165, 1.54) is 23.1 Å². The fourth-order valence-electron chi connectivity index (χ4n) is 2.95. The fraction of sp³-hybridized carbons (Fsp3) is 0.400. The van der Waals surface area contributed by atoms with Gasteiger partial charge in [0.15, 0.2) is 6.29 Å². The van der Waals surface area contributed by atoms with Gasteiger partial charge in [0.25, 0.3) is 0 Å². The zero-order chi connectivity index (χ0) is 16.1. The summed E-state index contributed by atoms with van der Waals surface area (Å²) in [7, 11) is 4.24. The van der Waals surface area contributed by atoms with Crippen molar-refractivity contribution in [3.05, 3.63) is 59.7 Å². The first-order chi connectivity index (χ1) is 11.2. The maximum Gasteiger partial charge on any atom is 0.184 e. The molecule has 0 saturated carbocycles. The number of hydrogen-bond donors (Lipinski definition) is 0. The predicted molar refractivity (Wildman–Crippen MR) is 93.4 cm³/mol. The molecule has 0 unspecified atom stereocenters. The van der Waals surface area contributed by atoms with Gasteiger partial charge in [0.1, 0.15) is 0 Å². The van der Waals surface area contributed by atoms with Crippen LogP contribution in [-0.4, -0.2) is 38.8 Å². The summed E-state index contributed by atoms with van der Waals surface area (Å²) in [6.45, 7) is 2.47. The number of hydrogen-bond acceptors (Lipinski definition) is 3. The molecule has 2 aromatic carbocycles. The molecule has 1 heterocycles. The highest BCUT2D eigenvalue weighted by atomic mass is 16.7. The van der Waals surface area contributed by atoms with Crippen molar-refractivity contribution in [1.82, 2.24) is 4.90 Å². The van der Waals surface area contributed by atoms with Crippen molar-refractivity contribution in [3.8, 4) is 11.1 Å². The zero-order valence-corrected chi connectivity index (χ0v) is 14.0. The summed E-state index contributed by atoms with van der Waals surface area (Å²) < 4.78 is 11.3. The molecule has 0 radical (unpaired) electrons. The fourth-order valence-corrected chi connectivity index (χ4v) is 2.95. The van der Waals surface area contributed by atoms with Crippen LogP contribution in [0.5, 0.6) is 0 Å². The molecule has 0 spiro atoms. The van der Waals surface area contributed by atoms with E-state index in [4.69, 9.17) is 9.47 Å². The molecule has 2 aromatic rings. The Labute approximate surface area is 138 Å². The van der Waals surface area contributed by atoms with Crippen LogP contribution in [0.25, 0.3) is 11.1 Å². The van der Waals surface area contributed by atoms with E-state index in [1.807, 2.05) is 6.07 Å². The highest BCUT2D eigenvalue weighted by Gasteiger charge is 2.21. The van der Waals surface area contributed by atoms with Crippen LogP contribution >= 0.6 is 0 Å². The normalized spacial score (nSPS) is 15.4. The minimum absolute atomic E-state index is 0.231. The van der Waals surface area contributed by atoms with Crippen molar-refractivity contribution >= 4 is 0 Å². The summed E-state index contributed by atoms with van der Waals surface area (Å²) in [4.78, 5) is 2.23. The quantitative estimate of drug-likeness (QED) is 0.808. The summed E-state index contributed by atoms with van der Waals surface area (Å²) in [5.74, 6) is 0. The van der Waals surface area contributed by atoms with Gasteiger partial charge in [-0.1, -0.05) is 48.5 Å². The summed E-state index contributed by atoms with van der Waals surface area (Å²) in [6, 6.07) is 17.2. The molecular formula is C20H25NO2. The largest absolute Gasteiger partial charge is 0.346 e. The number of rotatable bonds is 6. The van der Waals surface area contributed by atoms with Crippen molar-refractivity contribution in [2.45, 2.75) is 19.1 Å². The zero-order valence-electron chi connectivity index (χ0n) is 14.0. The van der Waals surface area contributed by atoms with Crippen LogP contribution in [0, 0.1) is 0 Å². The summed E-state index contributed by atoms with van der Waals surface area (Å²) in [5.41, 5.74) is 4.92. The lowest BCUT2D eigenvalue weighted by molar-refractivity contribution is -0.0436. The second kappa shape index (κ2) is 7.73. The molecule has 3 heteroatoms. The Bertz CT molecular complexity index is 616. The number of benzene rings is 2. The lowest BCUT2D eigenvalue weighted by Gasteiger charge is -2.15. The first kappa shape index (κ1) is 16.2. The van der Waals surface area contributed by atoms with Crippen molar-refractivity contribution in [2.75, 3.05) is 33.9 Å². The van der Waals surface area contributed by atoms with Gasteiger partial charge in [-0.25, -0.2) is 0 Å². The SMILES string of the molecule is CN(C)CCCc1ccc(-c2ccccc2C2OCCO2)cc1. The molecule has 0 N–H and O–H groups in total. The maximum atomic E-state index is 5.67. The smallest absolute Gasteiger partial charge is 0.184 e. The van der Waals surface area contributed by atoms with Gasteiger partial charge in [0.2, 0.25) is 0 Å². The Morgan fingerprint density at radius 2 is 1.65 bits per heavy atom. The molecule has 0 aromatic heterocycles. The maximum absolute atomic E-state index is 5.67. The first-order valence-corrected chi connectivity index (χ1v) is 8.30. The Balaban J connectivity index is 1.74. The van der Waals surface area contributed by atoms with E-state index in [-0.39, 0.29) is 6.29 Å². The molecule has 1 aliphatic rings. The molecule has 3 rings (SSSR count). The van der Waals surface area contributed by atoms with Crippen molar-refractivity contribution < 1.29 is 9.47 Å². The van der Waals surface area contributed by atoms with Gasteiger partial charge in [-0.3, -0.25) is 0 Å². The van der Waals surface area contributed by atoms with E-state index < -0.39 is 0 Å². The van der Waals surface area contributed by atoms with E-state index in [0.717, 1.165) is 18.5 Å². The van der Waals surface area contributed by atoms with Crippen LogP contribution in [0.15, 0.2) is 48.5 Å². The molecule has 1 saturated heterocycles. The van der Waals surface area contributed by atoms with E-state index in [9.17, 15) is 0 Å². The molecule has 3 nitrogen and oxygen atoms in total. The standard InChI is InChI=1S/C20H25NO2/c1-21(2)13-5-6-16-9-11-17(12-10-16)18-7-3-4-8-19(18)20-22-14-15-23-20/h3-4,7-12,20H,5-6,13-15H2,1-2H3. The van der Waals surface area contributed by atoms with Crippen molar-refractivity contribution in [1.29, 1.82) is 0 Å². The lowest BCUT2D eigenvalue weighted by atomic mass is 9.97. The molecule has 0 atom stereocenters. The summed E-state index contributed by atoms with van der Waals surface area (Å²) in [6.07, 6.45) is 2.08. The molecule has 0 aliphatic carbocycles. The van der Waals surface area contributed by atoms with Crippen LogP contribution in [0.1, 0.15) is 23.8 Å². The molecule has 122 valence electrons. The van der Waals surface area contributed by atoms with Gasteiger partial charge in [-0.05, 0) is 50.2 Å². The lowest BCUT2D eigenvalue weighted by Crippen LogP contribution is -2.13. The molecular weight excluding hydrogens is 286 g/mol. The van der Waals surface area contributed by atoms with E-state index in [2.05, 4.69) is 61.5 Å². The molecule has 0 amide bonds. The van der Waals surface area contributed by atoms with Gasteiger partial charge in [0.05, 0.1) is 13.2 Å². The summed E-state index contributed by atoms with van der Waals surface area (Å²) >= 11 is 0. The monoisotopic (exact) mass is 311 g/mol. The number of ether oxygens (including phenoxy) is 2. The van der Waals surface area contributed by atoms with Gasteiger partial charge in [0, 0.05) is 5.56 Å². The van der Waals surface area contributed by atoms with Crippen LogP contribution in [0.3, 0.4) is 0 Å². The Morgan fingerprint density at radius 1 is 0.957 bits per heavy atom. The average Bonchev–Trinajstić information content (AvgIpc) is 3.10. The van der Waals surface area contributed by atoms with Gasteiger partial charge in [-0.15, -0.1) is 0 Å². The Hall–Kier alpha value is -1.68. The van der Waals surface area contributed by atoms with E-state index >= 15 is 0 Å². The molecule has 1 fully saturated rings. The second-order valence-electron chi connectivity index (χ2n) is 6.26. The molecule has 23 heavy (non-hydrogen) atoms. The van der Waals surface area contributed by atoms with E-state index in [0.29, 0.717) is 13.2 Å². The summed E-state index contributed by atoms with van der Waals surface area (Å²) in [5, 5.41) is 0. The number of nitrogens with zero attached hydrogens (tertiary/aromatic N) is 1. The number of aryl methyl sites for hydroxylation is 1. The van der Waals surface area contributed by atoms with Crippen molar-refractivity contribution in [3.63, 3.8) is 0 Å². The van der Waals surface area contributed by atoms with E-state index in [1.54, 1.807) is 0 Å². The highest BCUT2D eigenvalue weighted by Crippen LogP contribution is 2.32. The third-order valence-corrected chi connectivity index (χ3v) is 4.17. The highest BCUT2D eigenvalue weighted by molar-refractivity contribution is 5.68. The minimum Gasteiger partial charge on any atom is -0.346 e. The van der Waals surface area contributed by atoms with Crippen LogP contribution in [-0.2, 0) is 15.9 Å². The van der Waals surface area contributed by atoms with Crippen LogP contribution in [0.2, 0.25) is 0 Å². The predicted octanol–water partition coefficient (Wildman–Crippen LogP) is 3.89. The van der Waals surface area contributed by atoms with Crippen LogP contribution < -0.4 is 0 Å². The van der Waals surface area contributed by atoms with Crippen LogP contribution in [0.4, 0.5) is 0 Å². The van der Waals surface area contributed by atoms with Crippen molar-refractivity contribution in [2.24, 2.45) is 0 Å². The molecule has 1 aliphatic heterocycles. The topological polar surface area (TPSA) is 21.7 Å². The third-order valence-electron chi connectivity index (χ3n) is 4.17. The average molecular weight is 311 g/mol. The van der Waals surface area contributed by atoms with Gasteiger partial charge in [-0.2, -0.15) is 0 Å². The first-order valence-electron chi connectivity index (χ1n) is 8.30. The Kier molecular flexibility index (Phi) is 5.44. The second-order valence-corrected chi connectivity index (χ2v) is 6.26. The van der Waals surface area contributed by atoms with Gasteiger partial charge < -0.3 is 14.4 Å².